The number of carbonyl (C=O) groups is 1. The molecule has 3 aromatic rings. The highest BCUT2D eigenvalue weighted by Crippen LogP contribution is 2.35. The van der Waals surface area contributed by atoms with E-state index in [4.69, 9.17) is 4.74 Å². The summed E-state index contributed by atoms with van der Waals surface area (Å²) in [6.45, 7) is 1.45. The highest BCUT2D eigenvalue weighted by molar-refractivity contribution is 6.01. The van der Waals surface area contributed by atoms with Crippen molar-refractivity contribution in [3.8, 4) is 5.75 Å². The molecule has 0 radical (unpaired) electrons. The maximum absolute atomic E-state index is 13.0. The molecule has 0 fully saturated rings. The van der Waals surface area contributed by atoms with Gasteiger partial charge in [-0.1, -0.05) is 12.1 Å². The van der Waals surface area contributed by atoms with Gasteiger partial charge in [-0.2, -0.15) is 13.2 Å². The van der Waals surface area contributed by atoms with Gasteiger partial charge in [0.05, 0.1) is 23.9 Å². The Morgan fingerprint density at radius 3 is 2.72 bits per heavy atom. The highest BCUT2D eigenvalue weighted by atomic mass is 19.4. The zero-order valence-electron chi connectivity index (χ0n) is 17.2. The van der Waals surface area contributed by atoms with Crippen molar-refractivity contribution in [2.24, 2.45) is 0 Å². The van der Waals surface area contributed by atoms with Gasteiger partial charge in [0.1, 0.15) is 5.75 Å². The largest absolute Gasteiger partial charge is 0.495 e. The first-order chi connectivity index (χ1) is 15.3. The monoisotopic (exact) mass is 442 g/mol. The molecule has 1 aliphatic rings. The van der Waals surface area contributed by atoms with Crippen LogP contribution in [0, 0.1) is 0 Å². The second-order valence-corrected chi connectivity index (χ2v) is 7.23. The lowest BCUT2D eigenvalue weighted by atomic mass is 10.2. The SMILES string of the molecule is COc1ccc(C(F)(F)F)cc1NC(=O)Nc1ccc2ccn(CC3=CCNC=C3)c2c1. The Kier molecular flexibility index (Phi) is 5.81. The smallest absolute Gasteiger partial charge is 0.416 e. The lowest BCUT2D eigenvalue weighted by Crippen LogP contribution is -2.20. The van der Waals surface area contributed by atoms with Crippen molar-refractivity contribution in [2.45, 2.75) is 12.7 Å². The predicted octanol–water partition coefficient (Wildman–Crippen LogP) is 5.36. The lowest BCUT2D eigenvalue weighted by Gasteiger charge is -2.14. The molecule has 0 saturated heterocycles. The van der Waals surface area contributed by atoms with Crippen LogP contribution >= 0.6 is 0 Å². The Bertz CT molecular complexity index is 1210. The number of halogens is 3. The van der Waals surface area contributed by atoms with Crippen LogP contribution in [0.25, 0.3) is 10.9 Å². The van der Waals surface area contributed by atoms with Crippen molar-refractivity contribution in [1.82, 2.24) is 9.88 Å². The van der Waals surface area contributed by atoms with Crippen molar-refractivity contribution in [3.63, 3.8) is 0 Å². The number of nitrogens with one attached hydrogen (secondary N) is 3. The van der Waals surface area contributed by atoms with Gasteiger partial charge in [0.2, 0.25) is 0 Å². The minimum atomic E-state index is -4.53. The van der Waals surface area contributed by atoms with Gasteiger partial charge in [0, 0.05) is 25.0 Å². The van der Waals surface area contributed by atoms with E-state index in [1.54, 1.807) is 6.07 Å². The normalized spacial score (nSPS) is 13.4. The van der Waals surface area contributed by atoms with Gasteiger partial charge in [0.15, 0.2) is 0 Å². The van der Waals surface area contributed by atoms with E-state index in [1.165, 1.54) is 13.2 Å². The van der Waals surface area contributed by atoms with Gasteiger partial charge in [-0.05, 0) is 59.6 Å². The van der Waals surface area contributed by atoms with E-state index in [0.29, 0.717) is 12.2 Å². The van der Waals surface area contributed by atoms with Gasteiger partial charge in [0.25, 0.3) is 0 Å². The van der Waals surface area contributed by atoms with Gasteiger partial charge >= 0.3 is 12.2 Å². The number of hydrogen-bond acceptors (Lipinski definition) is 3. The van der Waals surface area contributed by atoms with Crippen molar-refractivity contribution in [1.29, 1.82) is 0 Å². The average molecular weight is 442 g/mol. The summed E-state index contributed by atoms with van der Waals surface area (Å²) >= 11 is 0. The Labute approximate surface area is 182 Å². The summed E-state index contributed by atoms with van der Waals surface area (Å²) in [6.07, 6.45) is 3.45. The number of allylic oxidation sites excluding steroid dienone is 2. The van der Waals surface area contributed by atoms with E-state index in [0.717, 1.165) is 35.2 Å². The van der Waals surface area contributed by atoms with Crippen LogP contribution in [0.3, 0.4) is 0 Å². The van der Waals surface area contributed by atoms with Crippen molar-refractivity contribution in [3.05, 3.63) is 78.1 Å². The molecule has 9 heteroatoms. The van der Waals surface area contributed by atoms with E-state index in [9.17, 15) is 18.0 Å². The third-order valence-electron chi connectivity index (χ3n) is 5.06. The molecule has 166 valence electrons. The van der Waals surface area contributed by atoms with Crippen molar-refractivity contribution in [2.75, 3.05) is 24.3 Å². The topological polar surface area (TPSA) is 67.3 Å². The fourth-order valence-electron chi connectivity index (χ4n) is 3.47. The molecule has 0 bridgehead atoms. The molecule has 1 aromatic heterocycles. The first-order valence-corrected chi connectivity index (χ1v) is 9.84. The molecule has 32 heavy (non-hydrogen) atoms. The second kappa shape index (κ2) is 8.70. The molecule has 0 saturated carbocycles. The van der Waals surface area contributed by atoms with Gasteiger partial charge in [-0.3, -0.25) is 0 Å². The first-order valence-electron chi connectivity index (χ1n) is 9.84. The maximum Gasteiger partial charge on any atom is 0.416 e. The maximum atomic E-state index is 13.0. The van der Waals surface area contributed by atoms with E-state index in [2.05, 4.69) is 26.6 Å². The molecular weight excluding hydrogens is 421 g/mol. The van der Waals surface area contributed by atoms with Gasteiger partial charge in [-0.25, -0.2) is 4.79 Å². The van der Waals surface area contributed by atoms with Crippen LogP contribution in [0.1, 0.15) is 5.56 Å². The summed E-state index contributed by atoms with van der Waals surface area (Å²) in [5.74, 6) is 0.126. The van der Waals surface area contributed by atoms with Gasteiger partial charge < -0.3 is 25.3 Å². The number of carbonyl (C=O) groups excluding carboxylic acids is 1. The summed E-state index contributed by atoms with van der Waals surface area (Å²) < 4.78 is 46.2. The Morgan fingerprint density at radius 2 is 2.00 bits per heavy atom. The minimum Gasteiger partial charge on any atom is -0.495 e. The Balaban J connectivity index is 1.52. The number of fused-ring (bicyclic) bond motifs is 1. The van der Waals surface area contributed by atoms with E-state index < -0.39 is 17.8 Å². The Morgan fingerprint density at radius 1 is 1.16 bits per heavy atom. The summed E-state index contributed by atoms with van der Waals surface area (Å²) in [7, 11) is 1.32. The number of urea groups is 1. The number of aromatic nitrogens is 1. The number of nitrogens with zero attached hydrogens (tertiary/aromatic N) is 1. The molecule has 6 nitrogen and oxygen atoms in total. The fraction of sp³-hybridized carbons (Fsp3) is 0.174. The number of rotatable bonds is 5. The molecule has 2 amide bonds. The summed E-state index contributed by atoms with van der Waals surface area (Å²) in [5, 5.41) is 9.23. The standard InChI is InChI=1S/C23H21F3N4O2/c1-32-21-5-3-17(23(24,25)26)12-19(21)29-22(31)28-18-4-2-16-8-11-30(20(16)13-18)14-15-6-9-27-10-7-15/h2-9,11-13,27H,10,14H2,1H3,(H2,28,29,31). The second-order valence-electron chi connectivity index (χ2n) is 7.23. The lowest BCUT2D eigenvalue weighted by molar-refractivity contribution is -0.137. The molecular formula is C23H21F3N4O2. The van der Waals surface area contributed by atoms with Crippen LogP contribution in [0.15, 0.2) is 72.6 Å². The van der Waals surface area contributed by atoms with Crippen LogP contribution in [-0.2, 0) is 12.7 Å². The van der Waals surface area contributed by atoms with Crippen LogP contribution in [-0.4, -0.2) is 24.3 Å². The summed E-state index contributed by atoms with van der Waals surface area (Å²) in [5.41, 5.74) is 1.64. The Hall–Kier alpha value is -3.88. The number of benzene rings is 2. The third kappa shape index (κ3) is 4.72. The number of amides is 2. The van der Waals surface area contributed by atoms with E-state index in [-0.39, 0.29) is 11.4 Å². The zero-order chi connectivity index (χ0) is 22.7. The molecule has 3 N–H and O–H groups in total. The van der Waals surface area contributed by atoms with Crippen molar-refractivity contribution < 1.29 is 22.7 Å². The number of alkyl halides is 3. The highest BCUT2D eigenvalue weighted by Gasteiger charge is 2.31. The molecule has 0 aliphatic carbocycles. The fourth-order valence-corrected chi connectivity index (χ4v) is 3.47. The zero-order valence-corrected chi connectivity index (χ0v) is 17.2. The van der Waals surface area contributed by atoms with E-state index >= 15 is 0 Å². The van der Waals surface area contributed by atoms with Crippen LogP contribution in [0.4, 0.5) is 29.3 Å². The van der Waals surface area contributed by atoms with Crippen LogP contribution in [0.2, 0.25) is 0 Å². The molecule has 0 unspecified atom stereocenters. The first kappa shape index (κ1) is 21.4. The van der Waals surface area contributed by atoms with Crippen LogP contribution < -0.4 is 20.7 Å². The van der Waals surface area contributed by atoms with Crippen LogP contribution in [0.5, 0.6) is 5.75 Å². The molecule has 2 aromatic carbocycles. The number of anilines is 2. The number of ether oxygens (including phenoxy) is 1. The quantitative estimate of drug-likeness (QED) is 0.499. The molecule has 2 heterocycles. The van der Waals surface area contributed by atoms with Gasteiger partial charge in [-0.15, -0.1) is 0 Å². The molecule has 0 spiro atoms. The summed E-state index contributed by atoms with van der Waals surface area (Å²) in [4.78, 5) is 12.5. The average Bonchev–Trinajstić information content (AvgIpc) is 3.15. The number of methoxy groups -OCH3 is 1. The molecule has 0 atom stereocenters. The molecule has 4 rings (SSSR count). The van der Waals surface area contributed by atoms with E-state index in [1.807, 2.05) is 36.7 Å². The minimum absolute atomic E-state index is 0.0751. The predicted molar refractivity (Wildman–Crippen MR) is 118 cm³/mol. The third-order valence-corrected chi connectivity index (χ3v) is 5.06. The molecule has 1 aliphatic heterocycles. The number of hydrogen-bond donors (Lipinski definition) is 3. The summed E-state index contributed by atoms with van der Waals surface area (Å²) in [6, 6.07) is 9.65. The van der Waals surface area contributed by atoms with Crippen molar-refractivity contribution >= 4 is 28.3 Å². The number of dihydropyridines is 1.